The summed E-state index contributed by atoms with van der Waals surface area (Å²) in [6.07, 6.45) is -1.35. The molecule has 1 aliphatic rings. The number of aliphatic carboxylic acids is 1. The van der Waals surface area contributed by atoms with Gasteiger partial charge < -0.3 is 24.6 Å². The molecule has 0 radical (unpaired) electrons. The highest BCUT2D eigenvalue weighted by atomic mass is 16.6. The third-order valence-electron chi connectivity index (χ3n) is 8.70. The molecular formula is C41H37NO7. The van der Waals surface area contributed by atoms with Crippen LogP contribution in [0.4, 0.5) is 4.79 Å². The van der Waals surface area contributed by atoms with Gasteiger partial charge in [-0.15, -0.1) is 0 Å². The van der Waals surface area contributed by atoms with E-state index in [0.717, 1.165) is 38.9 Å². The number of carbonyl (C=O) groups is 3. The Bertz CT molecular complexity index is 1740. The van der Waals surface area contributed by atoms with Gasteiger partial charge in [-0.2, -0.15) is 0 Å². The van der Waals surface area contributed by atoms with Gasteiger partial charge in [0.15, 0.2) is 0 Å². The minimum atomic E-state index is -1.10. The maximum Gasteiger partial charge on any atom is 0.407 e. The summed E-state index contributed by atoms with van der Waals surface area (Å²) in [6.45, 7) is -0.222. The Labute approximate surface area is 285 Å². The van der Waals surface area contributed by atoms with E-state index >= 15 is 0 Å². The number of nitrogens with one attached hydrogen (secondary N) is 1. The summed E-state index contributed by atoms with van der Waals surface area (Å²) in [5.41, 5.74) is 5.92. The number of amides is 1. The van der Waals surface area contributed by atoms with E-state index in [9.17, 15) is 14.4 Å². The summed E-state index contributed by atoms with van der Waals surface area (Å²) >= 11 is 0. The first-order chi connectivity index (χ1) is 24.0. The van der Waals surface area contributed by atoms with Crippen molar-refractivity contribution in [3.63, 3.8) is 0 Å². The third kappa shape index (κ3) is 7.55. The van der Waals surface area contributed by atoms with Gasteiger partial charge in [0.05, 0.1) is 25.5 Å². The summed E-state index contributed by atoms with van der Waals surface area (Å²) in [5, 5.41) is 11.9. The van der Waals surface area contributed by atoms with Gasteiger partial charge in [-0.3, -0.25) is 9.59 Å². The van der Waals surface area contributed by atoms with Crippen LogP contribution in [0.1, 0.15) is 46.6 Å². The van der Waals surface area contributed by atoms with Crippen LogP contribution >= 0.6 is 0 Å². The molecule has 0 aliphatic heterocycles. The van der Waals surface area contributed by atoms with Crippen molar-refractivity contribution in [2.75, 3.05) is 19.8 Å². The van der Waals surface area contributed by atoms with Crippen molar-refractivity contribution in [3.8, 4) is 11.1 Å². The molecule has 0 saturated heterocycles. The average molecular weight is 656 g/mol. The fourth-order valence-electron chi connectivity index (χ4n) is 6.41. The lowest BCUT2D eigenvalue weighted by Crippen LogP contribution is -2.45. The molecule has 0 fully saturated rings. The number of carbonyl (C=O) groups excluding carboxylic acids is 2. The second-order valence-electron chi connectivity index (χ2n) is 11.8. The maximum absolute atomic E-state index is 13.4. The molecule has 5 aromatic carbocycles. The van der Waals surface area contributed by atoms with Crippen molar-refractivity contribution in [3.05, 3.63) is 167 Å². The molecule has 0 bridgehead atoms. The predicted molar refractivity (Wildman–Crippen MR) is 185 cm³/mol. The molecule has 0 heterocycles. The topological polar surface area (TPSA) is 111 Å². The van der Waals surface area contributed by atoms with Crippen molar-refractivity contribution in [1.82, 2.24) is 5.32 Å². The Morgan fingerprint density at radius 2 is 1.08 bits per heavy atom. The third-order valence-corrected chi connectivity index (χ3v) is 8.70. The molecule has 1 amide bonds. The number of carboxylic acid groups (broad SMARTS) is 1. The zero-order valence-corrected chi connectivity index (χ0v) is 26.9. The van der Waals surface area contributed by atoms with Crippen molar-refractivity contribution in [1.29, 1.82) is 0 Å². The molecule has 1 unspecified atom stereocenters. The van der Waals surface area contributed by atoms with Gasteiger partial charge in [0, 0.05) is 5.92 Å². The first kappa shape index (κ1) is 33.2. The zero-order valence-electron chi connectivity index (χ0n) is 26.9. The highest BCUT2D eigenvalue weighted by molar-refractivity contribution is 5.79. The summed E-state index contributed by atoms with van der Waals surface area (Å²) in [6, 6.07) is 44.7. The standard InChI is InChI=1S/C41H37NO7/c43-38(44)24-25-39(45)47-26-32(42-40(46)48-28-37-35-22-12-10-20-33(35)34-21-11-13-23-36(34)37)27-49-41(29-14-4-1-5-15-29,30-16-6-2-7-17-30)31-18-8-3-9-19-31/h1-23,32,37H,24-28H2,(H,42,46)(H,43,44). The molecule has 6 rings (SSSR count). The van der Waals surface area contributed by atoms with Crippen LogP contribution < -0.4 is 5.32 Å². The molecule has 0 spiro atoms. The SMILES string of the molecule is O=C(O)CCC(=O)OCC(COC(c1ccccc1)(c1ccccc1)c1ccccc1)NC(=O)OCC1c2ccccc2-c2ccccc21. The zero-order chi connectivity index (χ0) is 34.1. The summed E-state index contributed by atoms with van der Waals surface area (Å²) in [7, 11) is 0. The number of benzene rings is 5. The smallest absolute Gasteiger partial charge is 0.407 e. The van der Waals surface area contributed by atoms with E-state index in [1.54, 1.807) is 0 Å². The van der Waals surface area contributed by atoms with E-state index in [1.807, 2.05) is 127 Å². The van der Waals surface area contributed by atoms with E-state index < -0.39 is 29.7 Å². The van der Waals surface area contributed by atoms with Gasteiger partial charge >= 0.3 is 18.0 Å². The number of fused-ring (bicyclic) bond motifs is 3. The molecule has 8 heteroatoms. The Kier molecular flexibility index (Phi) is 10.5. The number of ether oxygens (including phenoxy) is 3. The molecule has 1 aliphatic carbocycles. The van der Waals surface area contributed by atoms with Gasteiger partial charge in [0.1, 0.15) is 18.8 Å². The minimum Gasteiger partial charge on any atom is -0.481 e. The molecule has 5 aromatic rings. The van der Waals surface area contributed by atoms with Gasteiger partial charge in [0.2, 0.25) is 0 Å². The van der Waals surface area contributed by atoms with Gasteiger partial charge in [-0.1, -0.05) is 140 Å². The van der Waals surface area contributed by atoms with Crippen molar-refractivity contribution < 1.29 is 33.7 Å². The maximum atomic E-state index is 13.4. The van der Waals surface area contributed by atoms with Crippen LogP contribution in [-0.4, -0.2) is 49.0 Å². The summed E-state index contributed by atoms with van der Waals surface area (Å²) in [5.74, 6) is -1.93. The predicted octanol–water partition coefficient (Wildman–Crippen LogP) is 7.31. The van der Waals surface area contributed by atoms with E-state index in [1.165, 1.54) is 0 Å². The Morgan fingerprint density at radius 1 is 0.612 bits per heavy atom. The molecule has 49 heavy (non-hydrogen) atoms. The average Bonchev–Trinajstić information content (AvgIpc) is 3.47. The largest absolute Gasteiger partial charge is 0.481 e. The molecule has 0 saturated carbocycles. The normalized spacial score (nSPS) is 12.7. The molecular weight excluding hydrogens is 618 g/mol. The number of alkyl carbamates (subject to hydrolysis) is 1. The van der Waals surface area contributed by atoms with Crippen molar-refractivity contribution >= 4 is 18.0 Å². The minimum absolute atomic E-state index is 0.0743. The van der Waals surface area contributed by atoms with Crippen LogP contribution in [0.2, 0.25) is 0 Å². The lowest BCUT2D eigenvalue weighted by atomic mass is 9.80. The lowest BCUT2D eigenvalue weighted by molar-refractivity contribution is -0.148. The highest BCUT2D eigenvalue weighted by Crippen LogP contribution is 2.44. The van der Waals surface area contributed by atoms with E-state index in [4.69, 9.17) is 19.3 Å². The number of hydrogen-bond donors (Lipinski definition) is 2. The lowest BCUT2D eigenvalue weighted by Gasteiger charge is -2.37. The molecule has 8 nitrogen and oxygen atoms in total. The highest BCUT2D eigenvalue weighted by Gasteiger charge is 2.38. The van der Waals surface area contributed by atoms with Crippen LogP contribution in [0.3, 0.4) is 0 Å². The van der Waals surface area contributed by atoms with Gasteiger partial charge in [-0.05, 0) is 38.9 Å². The van der Waals surface area contributed by atoms with Crippen LogP contribution in [0, 0.1) is 0 Å². The van der Waals surface area contributed by atoms with Crippen LogP contribution in [0.25, 0.3) is 11.1 Å². The first-order valence-electron chi connectivity index (χ1n) is 16.2. The number of rotatable bonds is 14. The molecule has 0 aromatic heterocycles. The number of carboxylic acids is 1. The van der Waals surface area contributed by atoms with Crippen LogP contribution in [-0.2, 0) is 29.4 Å². The quantitative estimate of drug-likeness (QED) is 0.0954. The Morgan fingerprint density at radius 3 is 1.57 bits per heavy atom. The Hall–Kier alpha value is -5.73. The van der Waals surface area contributed by atoms with E-state index in [-0.39, 0.29) is 38.6 Å². The van der Waals surface area contributed by atoms with Crippen LogP contribution in [0.5, 0.6) is 0 Å². The van der Waals surface area contributed by atoms with Crippen molar-refractivity contribution in [2.24, 2.45) is 0 Å². The van der Waals surface area contributed by atoms with Gasteiger partial charge in [0.25, 0.3) is 0 Å². The summed E-state index contributed by atoms with van der Waals surface area (Å²) < 4.78 is 18.2. The summed E-state index contributed by atoms with van der Waals surface area (Å²) in [4.78, 5) is 36.9. The monoisotopic (exact) mass is 655 g/mol. The second kappa shape index (κ2) is 15.4. The number of hydrogen-bond acceptors (Lipinski definition) is 6. The first-order valence-corrected chi connectivity index (χ1v) is 16.2. The molecule has 248 valence electrons. The van der Waals surface area contributed by atoms with Gasteiger partial charge in [-0.25, -0.2) is 4.79 Å². The van der Waals surface area contributed by atoms with Crippen LogP contribution in [0.15, 0.2) is 140 Å². The fourth-order valence-corrected chi connectivity index (χ4v) is 6.41. The molecule has 2 N–H and O–H groups in total. The van der Waals surface area contributed by atoms with E-state index in [2.05, 4.69) is 17.4 Å². The fraction of sp³-hybridized carbons (Fsp3) is 0.195. The number of esters is 1. The van der Waals surface area contributed by atoms with Crippen molar-refractivity contribution in [2.45, 2.75) is 30.4 Å². The second-order valence-corrected chi connectivity index (χ2v) is 11.8. The Balaban J connectivity index is 1.25. The van der Waals surface area contributed by atoms with E-state index in [0.29, 0.717) is 0 Å². The molecule has 1 atom stereocenters.